The van der Waals surface area contributed by atoms with Crippen LogP contribution < -0.4 is 0 Å². The zero-order chi connectivity index (χ0) is 21.7. The van der Waals surface area contributed by atoms with Crippen molar-refractivity contribution in [2.45, 2.75) is 131 Å². The minimum absolute atomic E-state index is 0.357. The molecule has 0 aromatic rings. The van der Waals surface area contributed by atoms with Crippen LogP contribution in [0.15, 0.2) is 0 Å². The number of hydrogen-bond donors (Lipinski definition) is 1. The van der Waals surface area contributed by atoms with Crippen molar-refractivity contribution in [1.29, 1.82) is 0 Å². The summed E-state index contributed by atoms with van der Waals surface area (Å²) in [5, 5.41) is 11.0. The maximum atomic E-state index is 11.0. The molecule has 0 aromatic carbocycles. The first kappa shape index (κ1) is 23.1. The van der Waals surface area contributed by atoms with Crippen LogP contribution in [0.4, 0.5) is 0 Å². The third kappa shape index (κ3) is 3.82. The van der Waals surface area contributed by atoms with E-state index in [0.29, 0.717) is 10.8 Å². The molecule has 0 spiro atoms. The van der Waals surface area contributed by atoms with Crippen molar-refractivity contribution in [3.63, 3.8) is 0 Å². The normalized spacial score (nSPS) is 49.4. The lowest BCUT2D eigenvalue weighted by atomic mass is 9.43. The van der Waals surface area contributed by atoms with Crippen molar-refractivity contribution in [3.05, 3.63) is 0 Å². The highest BCUT2D eigenvalue weighted by atomic mass is 16.3. The Kier molecular flexibility index (Phi) is 6.47. The highest BCUT2D eigenvalue weighted by Crippen LogP contribution is 2.69. The second-order valence-electron chi connectivity index (χ2n) is 13.5. The minimum atomic E-state index is -0.357. The van der Waals surface area contributed by atoms with Crippen LogP contribution in [0, 0.1) is 52.3 Å². The standard InChI is InChI=1S/C29H52O/c1-7-29(30)18-17-27(5)22(19-29)11-12-23-25-14-13-24(21(4)10-8-9-20(2)3)28(25,6)16-15-26(23)27/h20-26,30H,7-19H2,1-6H3/t21-,22?,23+,24-,25+,26+,27+,28-,29+/m1/s1. The van der Waals surface area contributed by atoms with Gasteiger partial charge in [-0.15, -0.1) is 0 Å². The second kappa shape index (κ2) is 8.39. The Morgan fingerprint density at radius 1 is 0.833 bits per heavy atom. The van der Waals surface area contributed by atoms with E-state index in [1.54, 1.807) is 0 Å². The molecule has 0 bridgehead atoms. The quantitative estimate of drug-likeness (QED) is 0.462. The Bertz CT molecular complexity index is 597. The summed E-state index contributed by atoms with van der Waals surface area (Å²) in [6, 6.07) is 0. The van der Waals surface area contributed by atoms with Crippen molar-refractivity contribution < 1.29 is 5.11 Å². The zero-order valence-corrected chi connectivity index (χ0v) is 21.2. The first-order valence-corrected chi connectivity index (χ1v) is 13.9. The summed E-state index contributed by atoms with van der Waals surface area (Å²) < 4.78 is 0. The van der Waals surface area contributed by atoms with Crippen LogP contribution in [-0.4, -0.2) is 10.7 Å². The molecule has 0 saturated heterocycles. The van der Waals surface area contributed by atoms with Gasteiger partial charge < -0.3 is 5.11 Å². The Labute approximate surface area is 188 Å². The Hall–Kier alpha value is -0.0400. The van der Waals surface area contributed by atoms with E-state index in [1.165, 1.54) is 64.2 Å². The SMILES string of the molecule is CC[C@]1(O)CC[C@@]2(C)C(CC[C@H]3[C@@H]4CC[C@H]([C@H](C)CCCC(C)C)[C@@]4(C)CC[C@@H]32)C1. The van der Waals surface area contributed by atoms with Gasteiger partial charge in [0.2, 0.25) is 0 Å². The lowest BCUT2D eigenvalue weighted by molar-refractivity contribution is -0.152. The van der Waals surface area contributed by atoms with Crippen molar-refractivity contribution >= 4 is 0 Å². The van der Waals surface area contributed by atoms with Crippen LogP contribution in [0.3, 0.4) is 0 Å². The molecule has 0 heterocycles. The van der Waals surface area contributed by atoms with Crippen LogP contribution in [0.2, 0.25) is 0 Å². The summed E-state index contributed by atoms with van der Waals surface area (Å²) in [6.45, 7) is 14.9. The topological polar surface area (TPSA) is 20.2 Å². The maximum absolute atomic E-state index is 11.0. The van der Waals surface area contributed by atoms with Gasteiger partial charge in [-0.1, -0.05) is 60.8 Å². The molecule has 0 amide bonds. The van der Waals surface area contributed by atoms with Gasteiger partial charge in [0, 0.05) is 0 Å². The van der Waals surface area contributed by atoms with Crippen LogP contribution in [0.1, 0.15) is 125 Å². The fourth-order valence-electron chi connectivity index (χ4n) is 9.67. The maximum Gasteiger partial charge on any atom is 0.0648 e. The van der Waals surface area contributed by atoms with Gasteiger partial charge in [-0.2, -0.15) is 0 Å². The Morgan fingerprint density at radius 2 is 1.57 bits per heavy atom. The number of aliphatic hydroxyl groups is 1. The first-order valence-electron chi connectivity index (χ1n) is 13.9. The molecule has 4 rings (SSSR count). The van der Waals surface area contributed by atoms with Gasteiger partial charge in [0.15, 0.2) is 0 Å². The molecule has 4 fully saturated rings. The number of fused-ring (bicyclic) bond motifs is 5. The molecule has 174 valence electrons. The highest BCUT2D eigenvalue weighted by Gasteiger charge is 2.61. The highest BCUT2D eigenvalue weighted by molar-refractivity contribution is 5.10. The van der Waals surface area contributed by atoms with Crippen molar-refractivity contribution in [2.75, 3.05) is 0 Å². The van der Waals surface area contributed by atoms with Gasteiger partial charge >= 0.3 is 0 Å². The summed E-state index contributed by atoms with van der Waals surface area (Å²) in [7, 11) is 0. The van der Waals surface area contributed by atoms with Crippen molar-refractivity contribution in [2.24, 2.45) is 52.3 Å². The fourth-order valence-corrected chi connectivity index (χ4v) is 9.67. The van der Waals surface area contributed by atoms with Gasteiger partial charge in [0.1, 0.15) is 0 Å². The van der Waals surface area contributed by atoms with E-state index in [0.717, 1.165) is 60.7 Å². The molecule has 1 nitrogen and oxygen atoms in total. The smallest absolute Gasteiger partial charge is 0.0648 e. The molecule has 1 unspecified atom stereocenters. The van der Waals surface area contributed by atoms with E-state index in [1.807, 2.05) is 0 Å². The molecular formula is C29H52O. The van der Waals surface area contributed by atoms with E-state index < -0.39 is 0 Å². The van der Waals surface area contributed by atoms with Gasteiger partial charge in [-0.3, -0.25) is 0 Å². The van der Waals surface area contributed by atoms with E-state index in [9.17, 15) is 5.11 Å². The predicted molar refractivity (Wildman–Crippen MR) is 128 cm³/mol. The van der Waals surface area contributed by atoms with Crippen LogP contribution in [0.5, 0.6) is 0 Å². The molecule has 30 heavy (non-hydrogen) atoms. The van der Waals surface area contributed by atoms with Gasteiger partial charge in [0.25, 0.3) is 0 Å². The van der Waals surface area contributed by atoms with E-state index >= 15 is 0 Å². The third-order valence-electron chi connectivity index (χ3n) is 11.7. The van der Waals surface area contributed by atoms with Crippen molar-refractivity contribution in [1.82, 2.24) is 0 Å². The summed E-state index contributed by atoms with van der Waals surface area (Å²) in [4.78, 5) is 0. The lowest BCUT2D eigenvalue weighted by Crippen LogP contribution is -2.56. The molecule has 4 saturated carbocycles. The first-order chi connectivity index (χ1) is 14.1. The molecule has 4 aliphatic carbocycles. The Balaban J connectivity index is 1.46. The molecular weight excluding hydrogens is 364 g/mol. The van der Waals surface area contributed by atoms with E-state index in [4.69, 9.17) is 0 Å². The average molecular weight is 417 g/mol. The summed E-state index contributed by atoms with van der Waals surface area (Å²) in [5.74, 6) is 6.41. The van der Waals surface area contributed by atoms with E-state index in [2.05, 4.69) is 41.5 Å². The predicted octanol–water partition coefficient (Wildman–Crippen LogP) is 8.25. The van der Waals surface area contributed by atoms with Crippen LogP contribution in [0.25, 0.3) is 0 Å². The van der Waals surface area contributed by atoms with Gasteiger partial charge in [-0.05, 0) is 116 Å². The summed E-state index contributed by atoms with van der Waals surface area (Å²) in [6.07, 6.45) is 17.5. The lowest BCUT2D eigenvalue weighted by Gasteiger charge is -2.62. The van der Waals surface area contributed by atoms with Gasteiger partial charge in [0.05, 0.1) is 5.60 Å². The van der Waals surface area contributed by atoms with Gasteiger partial charge in [-0.25, -0.2) is 0 Å². The number of hydrogen-bond acceptors (Lipinski definition) is 1. The third-order valence-corrected chi connectivity index (χ3v) is 11.7. The molecule has 4 aliphatic rings. The summed E-state index contributed by atoms with van der Waals surface area (Å²) in [5.41, 5.74) is 0.761. The average Bonchev–Trinajstić information content (AvgIpc) is 3.05. The molecule has 1 N–H and O–H groups in total. The Morgan fingerprint density at radius 3 is 2.27 bits per heavy atom. The molecule has 0 aliphatic heterocycles. The van der Waals surface area contributed by atoms with Crippen LogP contribution >= 0.6 is 0 Å². The molecule has 0 aromatic heterocycles. The van der Waals surface area contributed by atoms with Crippen molar-refractivity contribution in [3.8, 4) is 0 Å². The molecule has 9 atom stereocenters. The largest absolute Gasteiger partial charge is 0.390 e. The van der Waals surface area contributed by atoms with Crippen LogP contribution in [-0.2, 0) is 0 Å². The zero-order valence-electron chi connectivity index (χ0n) is 21.2. The van der Waals surface area contributed by atoms with E-state index in [-0.39, 0.29) is 5.60 Å². The number of rotatable bonds is 6. The monoisotopic (exact) mass is 416 g/mol. The fraction of sp³-hybridized carbons (Fsp3) is 1.00. The molecule has 0 radical (unpaired) electrons. The summed E-state index contributed by atoms with van der Waals surface area (Å²) >= 11 is 0. The minimum Gasteiger partial charge on any atom is -0.390 e. The second-order valence-corrected chi connectivity index (χ2v) is 13.5. The molecule has 1 heteroatoms.